The summed E-state index contributed by atoms with van der Waals surface area (Å²) in [4.78, 5) is 13.1. The van der Waals surface area contributed by atoms with Gasteiger partial charge in [-0.1, -0.05) is 27.7 Å². The van der Waals surface area contributed by atoms with Crippen molar-refractivity contribution in [2.75, 3.05) is 0 Å². The summed E-state index contributed by atoms with van der Waals surface area (Å²) in [5.41, 5.74) is 7.41. The number of hydrogen-bond donors (Lipinski definition) is 0. The van der Waals surface area contributed by atoms with Crippen LogP contribution in [0.25, 0.3) is 0 Å². The van der Waals surface area contributed by atoms with Crippen LogP contribution in [-0.4, -0.2) is 5.78 Å². The third kappa shape index (κ3) is 1.71. The Morgan fingerprint density at radius 1 is 0.700 bits per heavy atom. The molecule has 0 aliphatic heterocycles. The zero-order valence-corrected chi connectivity index (χ0v) is 14.5. The summed E-state index contributed by atoms with van der Waals surface area (Å²) in [5, 5.41) is 0. The molecule has 1 fully saturated rings. The molecule has 0 aromatic heterocycles. The number of benzene rings is 1. The van der Waals surface area contributed by atoms with Crippen molar-refractivity contribution in [2.45, 2.75) is 62.3 Å². The molecule has 0 radical (unpaired) electrons. The highest BCUT2D eigenvalue weighted by Gasteiger charge is 2.68. The quantitative estimate of drug-likeness (QED) is 0.685. The fourth-order valence-electron chi connectivity index (χ4n) is 3.87. The molecular formula is C19H28O. The molecule has 0 amide bonds. The Balaban J connectivity index is 2.59. The van der Waals surface area contributed by atoms with Gasteiger partial charge in [0.2, 0.25) is 0 Å². The van der Waals surface area contributed by atoms with E-state index in [2.05, 4.69) is 62.3 Å². The number of carbonyl (C=O) groups excluding carboxylic acids is 1. The lowest BCUT2D eigenvalue weighted by atomic mass is 9.85. The van der Waals surface area contributed by atoms with Gasteiger partial charge in [-0.05, 0) is 73.3 Å². The highest BCUT2D eigenvalue weighted by atomic mass is 16.1. The van der Waals surface area contributed by atoms with E-state index in [-0.39, 0.29) is 16.7 Å². The Morgan fingerprint density at radius 2 is 1.00 bits per heavy atom. The van der Waals surface area contributed by atoms with Crippen molar-refractivity contribution in [2.24, 2.45) is 16.7 Å². The molecule has 0 atom stereocenters. The van der Waals surface area contributed by atoms with Gasteiger partial charge in [-0.2, -0.15) is 0 Å². The van der Waals surface area contributed by atoms with Gasteiger partial charge in [0.15, 0.2) is 5.78 Å². The summed E-state index contributed by atoms with van der Waals surface area (Å²) in [7, 11) is 0. The van der Waals surface area contributed by atoms with E-state index in [4.69, 9.17) is 0 Å². The molecule has 0 saturated heterocycles. The van der Waals surface area contributed by atoms with Crippen molar-refractivity contribution in [3.05, 3.63) is 33.4 Å². The second kappa shape index (κ2) is 4.19. The first-order valence-electron chi connectivity index (χ1n) is 7.57. The summed E-state index contributed by atoms with van der Waals surface area (Å²) < 4.78 is 0. The van der Waals surface area contributed by atoms with Crippen LogP contribution in [-0.2, 0) is 0 Å². The maximum atomic E-state index is 13.1. The number of Topliss-reactive ketones (excluding diaryl/α,β-unsaturated/α-hetero) is 1. The van der Waals surface area contributed by atoms with Crippen LogP contribution in [0.4, 0.5) is 0 Å². The van der Waals surface area contributed by atoms with Crippen molar-refractivity contribution in [1.82, 2.24) is 0 Å². The number of ketones is 1. The molecular weight excluding hydrogens is 244 g/mol. The molecule has 110 valence electrons. The Morgan fingerprint density at radius 3 is 1.30 bits per heavy atom. The maximum Gasteiger partial charge on any atom is 0.167 e. The van der Waals surface area contributed by atoms with Crippen molar-refractivity contribution >= 4 is 5.78 Å². The summed E-state index contributed by atoms with van der Waals surface area (Å²) in [6.07, 6.45) is 0. The molecule has 1 aliphatic rings. The SMILES string of the molecule is Cc1c(C)c(C)c(C(=O)C2C(C)(C)C2(C)C)c(C)c1C. The Labute approximate surface area is 123 Å². The first-order valence-corrected chi connectivity index (χ1v) is 7.57. The van der Waals surface area contributed by atoms with Crippen LogP contribution < -0.4 is 0 Å². The summed E-state index contributed by atoms with van der Waals surface area (Å²) >= 11 is 0. The number of carbonyl (C=O) groups is 1. The molecule has 0 heterocycles. The van der Waals surface area contributed by atoms with Gasteiger partial charge in [-0.25, -0.2) is 0 Å². The molecule has 1 aromatic carbocycles. The average molecular weight is 272 g/mol. The lowest BCUT2D eigenvalue weighted by Gasteiger charge is -2.18. The standard InChI is InChI=1S/C19H28O/c1-10-11(2)13(4)15(14(5)12(10)3)16(20)17-18(6,7)19(17,8)9/h17H,1-9H3. The van der Waals surface area contributed by atoms with E-state index in [0.717, 1.165) is 5.56 Å². The molecule has 0 N–H and O–H groups in total. The summed E-state index contributed by atoms with van der Waals surface area (Å²) in [6.45, 7) is 19.5. The molecule has 20 heavy (non-hydrogen) atoms. The summed E-state index contributed by atoms with van der Waals surface area (Å²) in [5.74, 6) is 0.495. The normalized spacial score (nSPS) is 20.1. The van der Waals surface area contributed by atoms with Crippen LogP contribution in [0.5, 0.6) is 0 Å². The van der Waals surface area contributed by atoms with Crippen molar-refractivity contribution < 1.29 is 4.79 Å². The second-order valence-corrected chi connectivity index (χ2v) is 7.74. The highest BCUT2D eigenvalue weighted by Crippen LogP contribution is 2.69. The minimum atomic E-state index is 0.107. The van der Waals surface area contributed by atoms with E-state index < -0.39 is 0 Å². The molecule has 2 rings (SSSR count). The van der Waals surface area contributed by atoms with Crippen molar-refractivity contribution in [3.63, 3.8) is 0 Å². The third-order valence-corrected chi connectivity index (χ3v) is 6.53. The van der Waals surface area contributed by atoms with E-state index in [1.54, 1.807) is 0 Å². The van der Waals surface area contributed by atoms with E-state index in [0.29, 0.717) is 5.78 Å². The van der Waals surface area contributed by atoms with Gasteiger partial charge in [0.1, 0.15) is 0 Å². The highest BCUT2D eigenvalue weighted by molar-refractivity contribution is 6.04. The van der Waals surface area contributed by atoms with Gasteiger partial charge in [0.25, 0.3) is 0 Å². The van der Waals surface area contributed by atoms with Crippen LogP contribution in [0.1, 0.15) is 65.9 Å². The Bertz CT molecular complexity index is 560. The minimum absolute atomic E-state index is 0.107. The second-order valence-electron chi connectivity index (χ2n) is 7.74. The zero-order chi connectivity index (χ0) is 15.6. The summed E-state index contributed by atoms with van der Waals surface area (Å²) in [6, 6.07) is 0. The van der Waals surface area contributed by atoms with Crippen molar-refractivity contribution in [3.8, 4) is 0 Å². The maximum absolute atomic E-state index is 13.1. The van der Waals surface area contributed by atoms with E-state index in [1.807, 2.05) is 0 Å². The molecule has 0 unspecified atom stereocenters. The van der Waals surface area contributed by atoms with Crippen LogP contribution in [0.15, 0.2) is 0 Å². The van der Waals surface area contributed by atoms with Gasteiger partial charge < -0.3 is 0 Å². The first kappa shape index (κ1) is 15.3. The Hall–Kier alpha value is -1.11. The Kier molecular flexibility index (Phi) is 3.20. The molecule has 1 saturated carbocycles. The molecule has 1 nitrogen and oxygen atoms in total. The van der Waals surface area contributed by atoms with Gasteiger partial charge in [0, 0.05) is 11.5 Å². The fraction of sp³-hybridized carbons (Fsp3) is 0.632. The van der Waals surface area contributed by atoms with Gasteiger partial charge in [-0.15, -0.1) is 0 Å². The minimum Gasteiger partial charge on any atom is -0.294 e. The lowest BCUT2D eigenvalue weighted by molar-refractivity contribution is 0.0943. The first-order chi connectivity index (χ1) is 8.96. The molecule has 1 aliphatic carbocycles. The number of hydrogen-bond acceptors (Lipinski definition) is 1. The van der Waals surface area contributed by atoms with Gasteiger partial charge in [-0.3, -0.25) is 4.79 Å². The number of rotatable bonds is 2. The van der Waals surface area contributed by atoms with Crippen LogP contribution in [0.3, 0.4) is 0 Å². The smallest absolute Gasteiger partial charge is 0.167 e. The lowest BCUT2D eigenvalue weighted by Crippen LogP contribution is -2.14. The molecule has 1 heteroatoms. The predicted octanol–water partition coefficient (Wildman–Crippen LogP) is 5.09. The molecule has 1 aromatic rings. The third-order valence-electron chi connectivity index (χ3n) is 6.53. The van der Waals surface area contributed by atoms with Crippen LogP contribution in [0.2, 0.25) is 0 Å². The van der Waals surface area contributed by atoms with Crippen molar-refractivity contribution in [1.29, 1.82) is 0 Å². The monoisotopic (exact) mass is 272 g/mol. The zero-order valence-electron chi connectivity index (χ0n) is 14.5. The van der Waals surface area contributed by atoms with E-state index in [1.165, 1.54) is 27.8 Å². The van der Waals surface area contributed by atoms with E-state index in [9.17, 15) is 4.79 Å². The van der Waals surface area contributed by atoms with Crippen LogP contribution >= 0.6 is 0 Å². The van der Waals surface area contributed by atoms with E-state index >= 15 is 0 Å². The van der Waals surface area contributed by atoms with Crippen LogP contribution in [0, 0.1) is 51.4 Å². The predicted molar refractivity (Wildman–Crippen MR) is 85.5 cm³/mol. The van der Waals surface area contributed by atoms with Gasteiger partial charge in [0.05, 0.1) is 0 Å². The average Bonchev–Trinajstić information content (AvgIpc) is 2.74. The molecule has 0 bridgehead atoms. The largest absolute Gasteiger partial charge is 0.294 e. The van der Waals surface area contributed by atoms with Gasteiger partial charge >= 0.3 is 0 Å². The fourth-order valence-corrected chi connectivity index (χ4v) is 3.87. The molecule has 0 spiro atoms. The topological polar surface area (TPSA) is 17.1 Å².